The quantitative estimate of drug-likeness (QED) is 0.843. The minimum absolute atomic E-state index is 0.282. The molecule has 116 valence electrons. The lowest BCUT2D eigenvalue weighted by Gasteiger charge is -2.21. The normalized spacial score (nSPS) is 16.5. The summed E-state index contributed by atoms with van der Waals surface area (Å²) in [5, 5.41) is 0. The van der Waals surface area contributed by atoms with Crippen LogP contribution in [0.15, 0.2) is 24.3 Å². The fourth-order valence-corrected chi connectivity index (χ4v) is 3.11. The summed E-state index contributed by atoms with van der Waals surface area (Å²) in [7, 11) is 1.91. The number of carbonyl (C=O) groups is 1. The number of hydrogen-bond donors (Lipinski definition) is 1. The third kappa shape index (κ3) is 5.16. The van der Waals surface area contributed by atoms with Gasteiger partial charge >= 0.3 is 0 Å². The van der Waals surface area contributed by atoms with Crippen molar-refractivity contribution in [1.29, 1.82) is 0 Å². The molecule has 0 aliphatic heterocycles. The molecule has 1 amide bonds. The van der Waals surface area contributed by atoms with Crippen LogP contribution in [-0.4, -0.2) is 17.9 Å². The Labute approximate surface area is 128 Å². The van der Waals surface area contributed by atoms with Crippen LogP contribution in [0.5, 0.6) is 0 Å². The van der Waals surface area contributed by atoms with E-state index in [4.69, 9.17) is 5.73 Å². The van der Waals surface area contributed by atoms with Crippen LogP contribution >= 0.6 is 0 Å². The second-order valence-electron chi connectivity index (χ2n) is 6.33. The van der Waals surface area contributed by atoms with E-state index in [2.05, 4.69) is 12.1 Å². The molecule has 1 saturated carbocycles. The molecule has 0 heterocycles. The molecule has 1 aromatic rings. The van der Waals surface area contributed by atoms with Gasteiger partial charge in [0.2, 0.25) is 5.91 Å². The molecule has 1 aliphatic rings. The van der Waals surface area contributed by atoms with Crippen LogP contribution in [0, 0.1) is 5.92 Å². The first kappa shape index (κ1) is 16.0. The molecule has 2 rings (SSSR count). The molecule has 0 saturated heterocycles. The van der Waals surface area contributed by atoms with Crippen LogP contribution in [0.1, 0.15) is 56.1 Å². The Kier molecular flexibility index (Phi) is 6.24. The Morgan fingerprint density at radius 1 is 1.10 bits per heavy atom. The van der Waals surface area contributed by atoms with Crippen molar-refractivity contribution in [3.8, 4) is 0 Å². The van der Waals surface area contributed by atoms with Crippen molar-refractivity contribution in [2.24, 2.45) is 11.7 Å². The van der Waals surface area contributed by atoms with E-state index in [0.717, 1.165) is 12.0 Å². The van der Waals surface area contributed by atoms with Gasteiger partial charge in [-0.25, -0.2) is 0 Å². The van der Waals surface area contributed by atoms with Crippen LogP contribution in [0.2, 0.25) is 0 Å². The Morgan fingerprint density at radius 2 is 1.67 bits per heavy atom. The standard InChI is InChI=1S/C18H28N2O/c1-20(14-17-10-8-16(13-19)9-11-17)18(21)12-15-6-4-2-3-5-7-15/h8-11,15H,2-7,12-14,19H2,1H3. The number of benzene rings is 1. The van der Waals surface area contributed by atoms with Gasteiger partial charge in [-0.3, -0.25) is 4.79 Å². The maximum absolute atomic E-state index is 12.4. The number of nitrogens with two attached hydrogens (primary N) is 1. The zero-order valence-electron chi connectivity index (χ0n) is 13.2. The van der Waals surface area contributed by atoms with Crippen molar-refractivity contribution in [3.05, 3.63) is 35.4 Å². The lowest BCUT2D eigenvalue weighted by atomic mass is 9.96. The Balaban J connectivity index is 1.83. The number of amides is 1. The number of nitrogens with zero attached hydrogens (tertiary/aromatic N) is 1. The molecule has 0 unspecified atom stereocenters. The van der Waals surface area contributed by atoms with Crippen LogP contribution in [0.25, 0.3) is 0 Å². The predicted molar refractivity (Wildman–Crippen MR) is 86.6 cm³/mol. The van der Waals surface area contributed by atoms with Crippen molar-refractivity contribution in [3.63, 3.8) is 0 Å². The Bertz CT molecular complexity index is 433. The Morgan fingerprint density at radius 3 is 2.24 bits per heavy atom. The van der Waals surface area contributed by atoms with Gasteiger partial charge in [0.1, 0.15) is 0 Å². The van der Waals surface area contributed by atoms with E-state index in [1.165, 1.54) is 44.1 Å². The van der Waals surface area contributed by atoms with Gasteiger partial charge in [-0.05, 0) is 29.9 Å². The van der Waals surface area contributed by atoms with Gasteiger partial charge in [0.15, 0.2) is 0 Å². The smallest absolute Gasteiger partial charge is 0.222 e. The van der Waals surface area contributed by atoms with Crippen LogP contribution in [0.3, 0.4) is 0 Å². The van der Waals surface area contributed by atoms with Gasteiger partial charge in [-0.15, -0.1) is 0 Å². The van der Waals surface area contributed by atoms with Gasteiger partial charge in [0.05, 0.1) is 0 Å². The number of hydrogen-bond acceptors (Lipinski definition) is 2. The molecule has 0 aromatic heterocycles. The second kappa shape index (κ2) is 8.18. The molecule has 2 N–H and O–H groups in total. The SMILES string of the molecule is CN(Cc1ccc(CN)cc1)C(=O)CC1CCCCCC1. The first-order valence-electron chi connectivity index (χ1n) is 8.21. The molecule has 3 nitrogen and oxygen atoms in total. The van der Waals surface area contributed by atoms with Gasteiger partial charge in [-0.2, -0.15) is 0 Å². The minimum Gasteiger partial charge on any atom is -0.341 e. The highest BCUT2D eigenvalue weighted by Gasteiger charge is 2.18. The summed E-state index contributed by atoms with van der Waals surface area (Å²) in [4.78, 5) is 14.2. The highest BCUT2D eigenvalue weighted by atomic mass is 16.2. The highest BCUT2D eigenvalue weighted by Crippen LogP contribution is 2.26. The molecule has 0 radical (unpaired) electrons. The zero-order chi connectivity index (χ0) is 15.1. The second-order valence-corrected chi connectivity index (χ2v) is 6.33. The van der Waals surface area contributed by atoms with Gasteiger partial charge in [0, 0.05) is 26.6 Å². The van der Waals surface area contributed by atoms with Gasteiger partial charge in [-0.1, -0.05) is 49.9 Å². The van der Waals surface area contributed by atoms with Crippen molar-refractivity contribution in [1.82, 2.24) is 4.90 Å². The summed E-state index contributed by atoms with van der Waals surface area (Å²) in [5.41, 5.74) is 7.90. The topological polar surface area (TPSA) is 46.3 Å². The minimum atomic E-state index is 0.282. The monoisotopic (exact) mass is 288 g/mol. The van der Waals surface area contributed by atoms with Crippen LogP contribution in [-0.2, 0) is 17.9 Å². The molecule has 1 aromatic carbocycles. The molecule has 0 atom stereocenters. The van der Waals surface area contributed by atoms with E-state index in [1.807, 2.05) is 24.1 Å². The van der Waals surface area contributed by atoms with Crippen molar-refractivity contribution >= 4 is 5.91 Å². The summed E-state index contributed by atoms with van der Waals surface area (Å²) in [6, 6.07) is 8.22. The first-order chi connectivity index (χ1) is 10.2. The molecule has 1 fully saturated rings. The highest BCUT2D eigenvalue weighted by molar-refractivity contribution is 5.76. The maximum atomic E-state index is 12.4. The van der Waals surface area contributed by atoms with E-state index in [1.54, 1.807) is 0 Å². The third-order valence-electron chi connectivity index (χ3n) is 4.54. The molecule has 0 spiro atoms. The average Bonchev–Trinajstić information content (AvgIpc) is 2.76. The van der Waals surface area contributed by atoms with E-state index < -0.39 is 0 Å². The maximum Gasteiger partial charge on any atom is 0.222 e. The summed E-state index contributed by atoms with van der Waals surface area (Å²) < 4.78 is 0. The zero-order valence-corrected chi connectivity index (χ0v) is 13.2. The molecular weight excluding hydrogens is 260 g/mol. The van der Waals surface area contributed by atoms with Crippen molar-refractivity contribution in [2.75, 3.05) is 7.05 Å². The molecule has 0 bridgehead atoms. The Hall–Kier alpha value is -1.35. The third-order valence-corrected chi connectivity index (χ3v) is 4.54. The molecule has 1 aliphatic carbocycles. The summed E-state index contributed by atoms with van der Waals surface area (Å²) >= 11 is 0. The first-order valence-corrected chi connectivity index (χ1v) is 8.21. The summed E-state index contributed by atoms with van der Waals surface area (Å²) in [5.74, 6) is 0.881. The largest absolute Gasteiger partial charge is 0.341 e. The number of rotatable bonds is 5. The van der Waals surface area contributed by atoms with Crippen LogP contribution < -0.4 is 5.73 Å². The van der Waals surface area contributed by atoms with Crippen LogP contribution in [0.4, 0.5) is 0 Å². The van der Waals surface area contributed by atoms with Gasteiger partial charge in [0.25, 0.3) is 0 Å². The van der Waals surface area contributed by atoms with E-state index in [9.17, 15) is 4.79 Å². The predicted octanol–water partition coefficient (Wildman–Crippen LogP) is 3.46. The van der Waals surface area contributed by atoms with Crippen molar-refractivity contribution < 1.29 is 4.79 Å². The van der Waals surface area contributed by atoms with E-state index in [-0.39, 0.29) is 5.91 Å². The fraction of sp³-hybridized carbons (Fsp3) is 0.611. The fourth-order valence-electron chi connectivity index (χ4n) is 3.11. The van der Waals surface area contributed by atoms with Crippen molar-refractivity contribution in [2.45, 2.75) is 58.0 Å². The number of carbonyl (C=O) groups excluding carboxylic acids is 1. The summed E-state index contributed by atoms with van der Waals surface area (Å²) in [6.07, 6.45) is 8.44. The average molecular weight is 288 g/mol. The van der Waals surface area contributed by atoms with E-state index >= 15 is 0 Å². The van der Waals surface area contributed by atoms with E-state index in [0.29, 0.717) is 19.0 Å². The summed E-state index contributed by atoms with van der Waals surface area (Å²) in [6.45, 7) is 1.26. The van der Waals surface area contributed by atoms with Gasteiger partial charge < -0.3 is 10.6 Å². The molecule has 3 heteroatoms. The lowest BCUT2D eigenvalue weighted by molar-refractivity contribution is -0.131. The molecular formula is C18H28N2O. The lowest BCUT2D eigenvalue weighted by Crippen LogP contribution is -2.28. The molecule has 21 heavy (non-hydrogen) atoms.